The highest BCUT2D eigenvalue weighted by Crippen LogP contribution is 2.22. The summed E-state index contributed by atoms with van der Waals surface area (Å²) in [5, 5.41) is 8.41. The minimum atomic E-state index is 0.588. The van der Waals surface area contributed by atoms with Gasteiger partial charge in [0.15, 0.2) is 0 Å². The lowest BCUT2D eigenvalue weighted by Gasteiger charge is -2.10. The Balaban J connectivity index is 2.51. The molecule has 0 aromatic heterocycles. The van der Waals surface area contributed by atoms with Crippen LogP contribution < -0.4 is 10.5 Å². The predicted octanol–water partition coefficient (Wildman–Crippen LogP) is 3.07. The zero-order valence-electron chi connectivity index (χ0n) is 9.98. The Morgan fingerprint density at radius 2 is 2.24 bits per heavy atom. The number of nitriles is 1. The number of anilines is 1. The molecule has 0 fully saturated rings. The number of allylic oxidation sites excluding steroid dienone is 1. The summed E-state index contributed by atoms with van der Waals surface area (Å²) >= 11 is 0. The van der Waals surface area contributed by atoms with Gasteiger partial charge in [-0.2, -0.15) is 5.26 Å². The fourth-order valence-corrected chi connectivity index (χ4v) is 1.54. The molecule has 0 saturated heterocycles. The largest absolute Gasteiger partial charge is 0.493 e. The Labute approximate surface area is 103 Å². The highest BCUT2D eigenvalue weighted by atomic mass is 16.5. The van der Waals surface area contributed by atoms with Crippen LogP contribution in [0.4, 0.5) is 5.69 Å². The molecule has 0 saturated carbocycles. The molecule has 3 heteroatoms. The zero-order chi connectivity index (χ0) is 12.5. The average molecular weight is 230 g/mol. The summed E-state index contributed by atoms with van der Waals surface area (Å²) in [5.41, 5.74) is 7.52. The molecule has 0 heterocycles. The van der Waals surface area contributed by atoms with Crippen LogP contribution in [0.5, 0.6) is 5.75 Å². The highest BCUT2D eigenvalue weighted by molar-refractivity contribution is 5.48. The Hall–Kier alpha value is -1.95. The Kier molecular flexibility index (Phi) is 5.67. The number of hydrogen-bond acceptors (Lipinski definition) is 3. The molecule has 0 spiro atoms. The molecule has 17 heavy (non-hydrogen) atoms. The monoisotopic (exact) mass is 230 g/mol. The molecule has 0 radical (unpaired) electrons. The summed E-state index contributed by atoms with van der Waals surface area (Å²) in [6.45, 7) is 4.35. The van der Waals surface area contributed by atoms with Crippen LogP contribution in [0.2, 0.25) is 0 Å². The number of benzene rings is 1. The molecule has 0 aliphatic heterocycles. The van der Waals surface area contributed by atoms with E-state index in [1.54, 1.807) is 0 Å². The van der Waals surface area contributed by atoms with Crippen LogP contribution in [-0.2, 0) is 6.42 Å². The molecule has 0 aliphatic rings. The molecule has 90 valence electrons. The van der Waals surface area contributed by atoms with Gasteiger partial charge in [0, 0.05) is 12.1 Å². The van der Waals surface area contributed by atoms with E-state index < -0.39 is 0 Å². The van der Waals surface area contributed by atoms with Crippen LogP contribution in [0.25, 0.3) is 0 Å². The number of rotatable bonds is 7. The number of nitrogen functional groups attached to an aromatic ring is 1. The first-order valence-corrected chi connectivity index (χ1v) is 5.77. The average Bonchev–Trinajstić information content (AvgIpc) is 2.32. The lowest BCUT2D eigenvalue weighted by molar-refractivity contribution is 0.305. The highest BCUT2D eigenvalue weighted by Gasteiger charge is 2.02. The van der Waals surface area contributed by atoms with Gasteiger partial charge >= 0.3 is 0 Å². The maximum atomic E-state index is 8.41. The maximum Gasteiger partial charge on any atom is 0.122 e. The quantitative estimate of drug-likeness (QED) is 0.445. The van der Waals surface area contributed by atoms with Gasteiger partial charge in [-0.1, -0.05) is 6.08 Å². The SMILES string of the molecule is C=CCc1cc(N)ccc1OCCCCC#N. The lowest BCUT2D eigenvalue weighted by Crippen LogP contribution is -2.00. The standard InChI is InChI=1S/C14H18N2O/c1-2-6-12-11-13(16)7-8-14(12)17-10-5-3-4-9-15/h2,7-8,11H,1,3-6,10,16H2. The first kappa shape index (κ1) is 13.1. The van der Waals surface area contributed by atoms with Crippen molar-refractivity contribution in [1.82, 2.24) is 0 Å². The van der Waals surface area contributed by atoms with E-state index in [4.69, 9.17) is 15.7 Å². The Morgan fingerprint density at radius 3 is 2.94 bits per heavy atom. The van der Waals surface area contributed by atoms with E-state index in [1.807, 2.05) is 24.3 Å². The molecule has 1 aromatic carbocycles. The lowest BCUT2D eigenvalue weighted by atomic mass is 10.1. The summed E-state index contributed by atoms with van der Waals surface area (Å²) in [5.74, 6) is 0.857. The van der Waals surface area contributed by atoms with E-state index in [-0.39, 0.29) is 0 Å². The van der Waals surface area contributed by atoms with Crippen molar-refractivity contribution in [2.24, 2.45) is 0 Å². The summed E-state index contributed by atoms with van der Waals surface area (Å²) in [6, 6.07) is 7.75. The molecule has 2 N–H and O–H groups in total. The van der Waals surface area contributed by atoms with Crippen molar-refractivity contribution in [2.75, 3.05) is 12.3 Å². The molecule has 1 rings (SSSR count). The molecule has 0 unspecified atom stereocenters. The van der Waals surface area contributed by atoms with E-state index in [0.29, 0.717) is 13.0 Å². The molecule has 0 aliphatic carbocycles. The van der Waals surface area contributed by atoms with Crippen LogP contribution in [-0.4, -0.2) is 6.61 Å². The molecular weight excluding hydrogens is 212 g/mol. The van der Waals surface area contributed by atoms with Crippen molar-refractivity contribution < 1.29 is 4.74 Å². The van der Waals surface area contributed by atoms with E-state index in [2.05, 4.69) is 12.6 Å². The van der Waals surface area contributed by atoms with Crippen molar-refractivity contribution in [1.29, 1.82) is 5.26 Å². The topological polar surface area (TPSA) is 59.0 Å². The van der Waals surface area contributed by atoms with Gasteiger partial charge in [0.1, 0.15) is 5.75 Å². The van der Waals surface area contributed by atoms with Crippen molar-refractivity contribution in [3.05, 3.63) is 36.4 Å². The van der Waals surface area contributed by atoms with Crippen LogP contribution in [0, 0.1) is 11.3 Å². The predicted molar refractivity (Wildman–Crippen MR) is 69.7 cm³/mol. The summed E-state index contributed by atoms with van der Waals surface area (Å²) < 4.78 is 5.68. The third-order valence-electron chi connectivity index (χ3n) is 2.39. The van der Waals surface area contributed by atoms with Crippen molar-refractivity contribution >= 4 is 5.69 Å². The van der Waals surface area contributed by atoms with Gasteiger partial charge in [0.25, 0.3) is 0 Å². The second-order valence-electron chi connectivity index (χ2n) is 3.82. The van der Waals surface area contributed by atoms with Crippen molar-refractivity contribution in [2.45, 2.75) is 25.7 Å². The van der Waals surface area contributed by atoms with Crippen LogP contribution in [0.1, 0.15) is 24.8 Å². The first-order valence-electron chi connectivity index (χ1n) is 5.77. The fraction of sp³-hybridized carbons (Fsp3) is 0.357. The summed E-state index contributed by atoms with van der Waals surface area (Å²) in [6.07, 6.45) is 4.94. The van der Waals surface area contributed by atoms with Gasteiger partial charge in [-0.3, -0.25) is 0 Å². The van der Waals surface area contributed by atoms with Gasteiger partial charge in [-0.15, -0.1) is 6.58 Å². The minimum Gasteiger partial charge on any atom is -0.493 e. The van der Waals surface area contributed by atoms with E-state index in [9.17, 15) is 0 Å². The van der Waals surface area contributed by atoms with Gasteiger partial charge < -0.3 is 10.5 Å². The molecule has 0 amide bonds. The number of unbranched alkanes of at least 4 members (excludes halogenated alkanes) is 2. The van der Waals surface area contributed by atoms with Crippen molar-refractivity contribution in [3.8, 4) is 11.8 Å². The number of nitrogens with two attached hydrogens (primary N) is 1. The van der Waals surface area contributed by atoms with Gasteiger partial charge in [-0.05, 0) is 43.0 Å². The smallest absolute Gasteiger partial charge is 0.122 e. The van der Waals surface area contributed by atoms with E-state index in [1.165, 1.54) is 0 Å². The summed E-state index contributed by atoms with van der Waals surface area (Å²) in [7, 11) is 0. The minimum absolute atomic E-state index is 0.588. The molecule has 3 nitrogen and oxygen atoms in total. The maximum absolute atomic E-state index is 8.41. The van der Waals surface area contributed by atoms with Crippen molar-refractivity contribution in [3.63, 3.8) is 0 Å². The first-order chi connectivity index (χ1) is 8.27. The normalized spacial score (nSPS) is 9.59. The fourth-order valence-electron chi connectivity index (χ4n) is 1.54. The molecule has 0 atom stereocenters. The third kappa shape index (κ3) is 4.60. The van der Waals surface area contributed by atoms with Crippen LogP contribution >= 0.6 is 0 Å². The van der Waals surface area contributed by atoms with Gasteiger partial charge in [0.2, 0.25) is 0 Å². The Morgan fingerprint density at radius 1 is 1.41 bits per heavy atom. The Bertz CT molecular complexity index is 407. The van der Waals surface area contributed by atoms with Gasteiger partial charge in [0.05, 0.1) is 12.7 Å². The van der Waals surface area contributed by atoms with Crippen LogP contribution in [0.15, 0.2) is 30.9 Å². The number of nitrogens with zero attached hydrogens (tertiary/aromatic N) is 1. The van der Waals surface area contributed by atoms with E-state index in [0.717, 1.165) is 36.3 Å². The van der Waals surface area contributed by atoms with Gasteiger partial charge in [-0.25, -0.2) is 0 Å². The molecule has 0 bridgehead atoms. The number of hydrogen-bond donors (Lipinski definition) is 1. The second-order valence-corrected chi connectivity index (χ2v) is 3.82. The third-order valence-corrected chi connectivity index (χ3v) is 2.39. The van der Waals surface area contributed by atoms with Crippen LogP contribution in [0.3, 0.4) is 0 Å². The van der Waals surface area contributed by atoms with E-state index >= 15 is 0 Å². The number of ether oxygens (including phenoxy) is 1. The summed E-state index contributed by atoms with van der Waals surface area (Å²) in [4.78, 5) is 0. The second kappa shape index (κ2) is 7.34. The molecule has 1 aromatic rings. The zero-order valence-corrected chi connectivity index (χ0v) is 9.98. The molecular formula is C14H18N2O.